The van der Waals surface area contributed by atoms with Crippen LogP contribution in [0.15, 0.2) is 23.1 Å². The maximum atomic E-state index is 13.2. The SMILES string of the molecule is COCCN(C)C(=O)c1cc(F)ccc1S(=O)(=O)Cl. The molecule has 0 aliphatic heterocycles. The Bertz CT molecular complexity index is 576. The molecule has 106 valence electrons. The Balaban J connectivity index is 3.18. The lowest BCUT2D eigenvalue weighted by Crippen LogP contribution is -2.30. The molecule has 0 aromatic heterocycles. The minimum absolute atomic E-state index is 0.244. The van der Waals surface area contributed by atoms with Gasteiger partial charge in [0, 0.05) is 31.4 Å². The Morgan fingerprint density at radius 2 is 2.11 bits per heavy atom. The molecular weight excluding hydrogens is 297 g/mol. The Morgan fingerprint density at radius 1 is 1.47 bits per heavy atom. The van der Waals surface area contributed by atoms with Crippen LogP contribution in [0.5, 0.6) is 0 Å². The van der Waals surface area contributed by atoms with E-state index in [1.54, 1.807) is 0 Å². The summed E-state index contributed by atoms with van der Waals surface area (Å²) in [4.78, 5) is 12.9. The number of nitrogens with zero attached hydrogens (tertiary/aromatic N) is 1. The third-order valence-corrected chi connectivity index (χ3v) is 3.79. The van der Waals surface area contributed by atoms with Gasteiger partial charge in [-0.3, -0.25) is 4.79 Å². The highest BCUT2D eigenvalue weighted by molar-refractivity contribution is 8.13. The molecule has 0 aliphatic rings. The molecular formula is C11H13ClFNO4S. The summed E-state index contributed by atoms with van der Waals surface area (Å²) in [6, 6.07) is 2.75. The number of likely N-dealkylation sites (N-methyl/N-ethyl adjacent to an activating group) is 1. The number of halogens is 2. The van der Waals surface area contributed by atoms with Gasteiger partial charge in [-0.15, -0.1) is 0 Å². The average molecular weight is 310 g/mol. The van der Waals surface area contributed by atoms with E-state index in [4.69, 9.17) is 15.4 Å². The Morgan fingerprint density at radius 3 is 2.63 bits per heavy atom. The van der Waals surface area contributed by atoms with Crippen molar-refractivity contribution >= 4 is 25.6 Å². The topological polar surface area (TPSA) is 63.7 Å². The van der Waals surface area contributed by atoms with E-state index in [9.17, 15) is 17.6 Å². The van der Waals surface area contributed by atoms with Crippen molar-refractivity contribution < 1.29 is 22.3 Å². The highest BCUT2D eigenvalue weighted by Crippen LogP contribution is 2.22. The first-order chi connectivity index (χ1) is 8.77. The standard InChI is InChI=1S/C11H13ClFNO4S/c1-14(5-6-18-2)11(15)9-7-8(13)3-4-10(9)19(12,16)17/h3-4,7H,5-6H2,1-2H3. The molecule has 1 amide bonds. The van der Waals surface area contributed by atoms with Gasteiger partial charge >= 0.3 is 0 Å². The van der Waals surface area contributed by atoms with E-state index in [0.717, 1.165) is 18.2 Å². The summed E-state index contributed by atoms with van der Waals surface area (Å²) in [5, 5.41) is 0. The second-order valence-electron chi connectivity index (χ2n) is 3.80. The van der Waals surface area contributed by atoms with Gasteiger partial charge in [0.2, 0.25) is 0 Å². The second-order valence-corrected chi connectivity index (χ2v) is 6.33. The van der Waals surface area contributed by atoms with Gasteiger partial charge in [0.25, 0.3) is 15.0 Å². The largest absolute Gasteiger partial charge is 0.383 e. The van der Waals surface area contributed by atoms with Gasteiger partial charge in [-0.1, -0.05) is 0 Å². The molecule has 1 aromatic carbocycles. The fourth-order valence-corrected chi connectivity index (χ4v) is 2.46. The van der Waals surface area contributed by atoms with Gasteiger partial charge < -0.3 is 9.64 Å². The van der Waals surface area contributed by atoms with Gasteiger partial charge in [0.15, 0.2) is 0 Å². The number of hydrogen-bond acceptors (Lipinski definition) is 4. The number of hydrogen-bond donors (Lipinski definition) is 0. The van der Waals surface area contributed by atoms with Crippen molar-refractivity contribution in [3.8, 4) is 0 Å². The van der Waals surface area contributed by atoms with Crippen LogP contribution in [0.4, 0.5) is 4.39 Å². The summed E-state index contributed by atoms with van der Waals surface area (Å²) in [6.07, 6.45) is 0. The monoisotopic (exact) mass is 309 g/mol. The minimum Gasteiger partial charge on any atom is -0.383 e. The van der Waals surface area contributed by atoms with E-state index in [0.29, 0.717) is 0 Å². The highest BCUT2D eigenvalue weighted by atomic mass is 35.7. The summed E-state index contributed by atoms with van der Waals surface area (Å²) >= 11 is 0. The van der Waals surface area contributed by atoms with Gasteiger partial charge in [-0.2, -0.15) is 0 Å². The molecule has 0 bridgehead atoms. The third kappa shape index (κ3) is 4.15. The lowest BCUT2D eigenvalue weighted by Gasteiger charge is -2.17. The number of amides is 1. The Hall–Kier alpha value is -1.18. The van der Waals surface area contributed by atoms with Crippen LogP contribution in [0.1, 0.15) is 10.4 Å². The number of benzene rings is 1. The Labute approximate surface area is 115 Å². The molecule has 0 N–H and O–H groups in total. The van der Waals surface area contributed by atoms with Crippen molar-refractivity contribution in [2.75, 3.05) is 27.3 Å². The number of carbonyl (C=O) groups excluding carboxylic acids is 1. The van der Waals surface area contributed by atoms with Crippen LogP contribution >= 0.6 is 10.7 Å². The molecule has 1 aromatic rings. The average Bonchev–Trinajstić information content (AvgIpc) is 2.33. The zero-order valence-electron chi connectivity index (χ0n) is 10.4. The molecule has 0 atom stereocenters. The van der Waals surface area contributed by atoms with Gasteiger partial charge in [-0.05, 0) is 18.2 Å². The first-order valence-electron chi connectivity index (χ1n) is 5.26. The number of carbonyl (C=O) groups is 1. The maximum absolute atomic E-state index is 13.2. The molecule has 0 saturated heterocycles. The fourth-order valence-electron chi connectivity index (χ4n) is 1.42. The van der Waals surface area contributed by atoms with E-state index >= 15 is 0 Å². The fraction of sp³-hybridized carbons (Fsp3) is 0.364. The lowest BCUT2D eigenvalue weighted by molar-refractivity contribution is 0.0740. The summed E-state index contributed by atoms with van der Waals surface area (Å²) in [5.41, 5.74) is -0.298. The Kier molecular flexibility index (Phi) is 5.28. The zero-order valence-corrected chi connectivity index (χ0v) is 12.0. The predicted octanol–water partition coefficient (Wildman–Crippen LogP) is 1.47. The maximum Gasteiger partial charge on any atom is 0.262 e. The highest BCUT2D eigenvalue weighted by Gasteiger charge is 2.23. The third-order valence-electron chi connectivity index (χ3n) is 2.41. The minimum atomic E-state index is -4.12. The van der Waals surface area contributed by atoms with E-state index in [1.807, 2.05) is 0 Å². The quantitative estimate of drug-likeness (QED) is 0.773. The van der Waals surface area contributed by atoms with Crippen molar-refractivity contribution in [3.63, 3.8) is 0 Å². The van der Waals surface area contributed by atoms with Crippen molar-refractivity contribution in [1.82, 2.24) is 4.90 Å². The normalized spacial score (nSPS) is 11.4. The molecule has 1 rings (SSSR count). The van der Waals surface area contributed by atoms with Crippen molar-refractivity contribution in [2.45, 2.75) is 4.90 Å². The lowest BCUT2D eigenvalue weighted by atomic mass is 10.2. The van der Waals surface area contributed by atoms with E-state index in [2.05, 4.69) is 0 Å². The summed E-state index contributed by atoms with van der Waals surface area (Å²) in [6.45, 7) is 0.522. The molecule has 0 heterocycles. The van der Waals surface area contributed by atoms with Crippen LogP contribution < -0.4 is 0 Å². The summed E-state index contributed by atoms with van der Waals surface area (Å²) in [5.74, 6) is -1.36. The van der Waals surface area contributed by atoms with Crippen LogP contribution in [0.25, 0.3) is 0 Å². The molecule has 0 radical (unpaired) electrons. The van der Waals surface area contributed by atoms with E-state index in [1.165, 1.54) is 19.1 Å². The molecule has 0 saturated carbocycles. The van der Waals surface area contributed by atoms with Crippen LogP contribution in [-0.2, 0) is 13.8 Å². The van der Waals surface area contributed by atoms with Crippen molar-refractivity contribution in [3.05, 3.63) is 29.6 Å². The first kappa shape index (κ1) is 15.9. The number of rotatable bonds is 5. The van der Waals surface area contributed by atoms with Gasteiger partial charge in [-0.25, -0.2) is 12.8 Å². The second kappa shape index (κ2) is 6.31. The molecule has 0 unspecified atom stereocenters. The molecule has 5 nitrogen and oxygen atoms in total. The van der Waals surface area contributed by atoms with Crippen LogP contribution in [-0.4, -0.2) is 46.5 Å². The van der Waals surface area contributed by atoms with Crippen LogP contribution in [0.3, 0.4) is 0 Å². The molecule has 8 heteroatoms. The molecule has 0 aliphatic carbocycles. The smallest absolute Gasteiger partial charge is 0.262 e. The first-order valence-corrected chi connectivity index (χ1v) is 7.57. The molecule has 0 spiro atoms. The summed E-state index contributed by atoms with van der Waals surface area (Å²) < 4.78 is 40.7. The van der Waals surface area contributed by atoms with Crippen molar-refractivity contribution in [1.29, 1.82) is 0 Å². The zero-order chi connectivity index (χ0) is 14.6. The molecule has 19 heavy (non-hydrogen) atoms. The van der Waals surface area contributed by atoms with Crippen LogP contribution in [0, 0.1) is 5.82 Å². The number of ether oxygens (including phenoxy) is 1. The number of methoxy groups -OCH3 is 1. The summed E-state index contributed by atoms with van der Waals surface area (Å²) in [7, 11) is 4.02. The van der Waals surface area contributed by atoms with E-state index in [-0.39, 0.29) is 18.7 Å². The van der Waals surface area contributed by atoms with Gasteiger partial charge in [0.1, 0.15) is 5.82 Å². The van der Waals surface area contributed by atoms with Crippen molar-refractivity contribution in [2.24, 2.45) is 0 Å². The van der Waals surface area contributed by atoms with E-state index < -0.39 is 25.7 Å². The predicted molar refractivity (Wildman–Crippen MR) is 68.3 cm³/mol. The molecule has 0 fully saturated rings. The van der Waals surface area contributed by atoms with Gasteiger partial charge in [0.05, 0.1) is 17.1 Å². The van der Waals surface area contributed by atoms with Crippen LogP contribution in [0.2, 0.25) is 0 Å².